The third-order valence-electron chi connectivity index (χ3n) is 14.0. The molecule has 6 N–H and O–H groups in total. The van der Waals surface area contributed by atoms with Crippen molar-refractivity contribution in [3.63, 3.8) is 0 Å². The molecule has 0 aliphatic carbocycles. The second kappa shape index (κ2) is 24.7. The molecular formula is C58H59F3N8O7. The molecule has 18 heteroatoms. The first-order valence-electron chi connectivity index (χ1n) is 24.9. The summed E-state index contributed by atoms with van der Waals surface area (Å²) in [7, 11) is 1.37. The van der Waals surface area contributed by atoms with Crippen molar-refractivity contribution in [2.45, 2.75) is 58.2 Å². The Kier molecular flexibility index (Phi) is 17.5. The first kappa shape index (κ1) is 53.8. The fourth-order valence-corrected chi connectivity index (χ4v) is 9.66. The highest BCUT2D eigenvalue weighted by Crippen LogP contribution is 2.38. The molecule has 0 spiro atoms. The monoisotopic (exact) mass is 1040 g/mol. The summed E-state index contributed by atoms with van der Waals surface area (Å²) in [5.41, 5.74) is 7.95. The lowest BCUT2D eigenvalue weighted by Crippen LogP contribution is -2.50. The number of ether oxygens (including phenoxy) is 2. The number of nitrogens with two attached hydrogens (primary N) is 1. The molecule has 394 valence electrons. The minimum absolute atomic E-state index is 0.0278. The van der Waals surface area contributed by atoms with Gasteiger partial charge < -0.3 is 35.4 Å². The molecule has 4 heterocycles. The number of methoxy groups -OCH3 is 1. The summed E-state index contributed by atoms with van der Waals surface area (Å²) >= 11 is 0. The van der Waals surface area contributed by atoms with Crippen molar-refractivity contribution in [1.82, 2.24) is 25.3 Å². The first-order valence-corrected chi connectivity index (χ1v) is 24.9. The second-order valence-electron chi connectivity index (χ2n) is 18.9. The Balaban J connectivity index is 0.000000177. The predicted molar refractivity (Wildman–Crippen MR) is 286 cm³/mol. The van der Waals surface area contributed by atoms with Crippen molar-refractivity contribution in [1.29, 1.82) is 0 Å². The van der Waals surface area contributed by atoms with Crippen molar-refractivity contribution in [3.05, 3.63) is 200 Å². The van der Waals surface area contributed by atoms with E-state index in [-0.39, 0.29) is 39.6 Å². The lowest BCUT2D eigenvalue weighted by molar-refractivity contribution is -0.150. The van der Waals surface area contributed by atoms with E-state index >= 15 is 0 Å². The van der Waals surface area contributed by atoms with Gasteiger partial charge in [-0.1, -0.05) is 121 Å². The van der Waals surface area contributed by atoms with Gasteiger partial charge in [-0.15, -0.1) is 0 Å². The number of H-pyrrole nitrogens is 2. The molecule has 0 unspecified atom stereocenters. The van der Waals surface area contributed by atoms with Gasteiger partial charge in [0, 0.05) is 51.4 Å². The number of alkyl halides is 2. The number of nitrogens with zero attached hydrogens (tertiary/aromatic N) is 4. The Labute approximate surface area is 436 Å². The largest absolute Gasteiger partial charge is 0.494 e. The second-order valence-corrected chi connectivity index (χ2v) is 18.9. The number of fused-ring (bicyclic) bond motifs is 2. The number of aromatic amines is 2. The van der Waals surface area contributed by atoms with Gasteiger partial charge in [-0.2, -0.15) is 8.78 Å². The highest BCUT2D eigenvalue weighted by Gasteiger charge is 2.43. The van der Waals surface area contributed by atoms with Crippen LogP contribution in [0.2, 0.25) is 0 Å². The highest BCUT2D eigenvalue weighted by molar-refractivity contribution is 5.84. The van der Waals surface area contributed by atoms with Crippen LogP contribution < -0.4 is 41.4 Å². The maximum absolute atomic E-state index is 14.1. The Bertz CT molecular complexity index is 3340. The number of piperidine rings is 2. The van der Waals surface area contributed by atoms with Gasteiger partial charge in [0.1, 0.15) is 5.75 Å². The molecule has 0 bridgehead atoms. The third-order valence-corrected chi connectivity index (χ3v) is 14.0. The maximum Gasteiger partial charge on any atom is 0.387 e. The summed E-state index contributed by atoms with van der Waals surface area (Å²) in [5, 5.41) is 13.5. The quantitative estimate of drug-likeness (QED) is 0.0693. The van der Waals surface area contributed by atoms with Crippen LogP contribution in [0.25, 0.3) is 21.8 Å². The van der Waals surface area contributed by atoms with E-state index in [4.69, 9.17) is 10.5 Å². The van der Waals surface area contributed by atoms with Crippen LogP contribution in [0.1, 0.15) is 47.9 Å². The number of carboxylic acids is 1. The van der Waals surface area contributed by atoms with Crippen LogP contribution in [0.5, 0.6) is 11.5 Å². The predicted octanol–water partition coefficient (Wildman–Crippen LogP) is 8.80. The van der Waals surface area contributed by atoms with Gasteiger partial charge in [-0.05, 0) is 79.0 Å². The van der Waals surface area contributed by atoms with Crippen LogP contribution in [0.15, 0.2) is 161 Å². The molecule has 6 aromatic carbocycles. The number of benzene rings is 6. The van der Waals surface area contributed by atoms with E-state index in [2.05, 4.69) is 30.0 Å². The molecule has 10 rings (SSSR count). The fourth-order valence-electron chi connectivity index (χ4n) is 9.66. The van der Waals surface area contributed by atoms with Crippen LogP contribution in [0, 0.1) is 16.6 Å². The number of anilines is 2. The molecule has 76 heavy (non-hydrogen) atoms. The third kappa shape index (κ3) is 13.2. The number of carbonyl (C=O) groups is 2. The van der Waals surface area contributed by atoms with Crippen LogP contribution in [0.3, 0.4) is 0 Å². The first-order chi connectivity index (χ1) is 36.8. The number of carboxylic acid groups (broad SMARTS) is 1. The van der Waals surface area contributed by atoms with E-state index in [0.717, 1.165) is 22.8 Å². The van der Waals surface area contributed by atoms with E-state index in [9.17, 15) is 37.5 Å². The van der Waals surface area contributed by atoms with Crippen LogP contribution in [0.4, 0.5) is 25.1 Å². The van der Waals surface area contributed by atoms with E-state index < -0.39 is 40.3 Å². The number of aromatic nitrogens is 4. The molecule has 2 aliphatic heterocycles. The van der Waals surface area contributed by atoms with Crippen molar-refractivity contribution in [2.24, 2.45) is 16.6 Å². The smallest absolute Gasteiger partial charge is 0.387 e. The van der Waals surface area contributed by atoms with Crippen molar-refractivity contribution in [3.8, 4) is 11.5 Å². The Hall–Kier alpha value is -8.51. The zero-order chi connectivity index (χ0) is 53.7. The SMILES string of the molecule is COc1cc2nc(N3CCC(Cc4ccccc4)(C(=O)NCc4ccccc4)CC3)[nH]c(=O)c2cc1F.NCc1ccccc1.O=C(O)C1(Cc2ccccc2)CCN(c2nc3cc(OC(F)F)ccc3c(=O)[nH]2)CC1. The molecule has 0 atom stereocenters. The van der Waals surface area contributed by atoms with E-state index in [1.807, 2.05) is 131 Å². The van der Waals surface area contributed by atoms with E-state index in [1.54, 1.807) is 0 Å². The Morgan fingerprint density at radius 2 is 1.12 bits per heavy atom. The van der Waals surface area contributed by atoms with Gasteiger partial charge in [-0.25, -0.2) is 14.4 Å². The number of carbonyl (C=O) groups excluding carboxylic acids is 1. The van der Waals surface area contributed by atoms with Crippen molar-refractivity contribution >= 4 is 45.6 Å². The van der Waals surface area contributed by atoms with Crippen LogP contribution in [-0.2, 0) is 35.5 Å². The zero-order valence-electron chi connectivity index (χ0n) is 41.9. The van der Waals surface area contributed by atoms with Gasteiger partial charge in [0.05, 0.1) is 39.7 Å². The molecule has 2 aliphatic rings. The molecule has 1 amide bonds. The van der Waals surface area contributed by atoms with Crippen molar-refractivity contribution in [2.75, 3.05) is 43.1 Å². The fraction of sp³-hybridized carbons (Fsp3) is 0.276. The van der Waals surface area contributed by atoms with Crippen molar-refractivity contribution < 1.29 is 37.3 Å². The molecule has 0 radical (unpaired) electrons. The number of amides is 1. The molecule has 15 nitrogen and oxygen atoms in total. The van der Waals surface area contributed by atoms with Crippen LogP contribution in [-0.4, -0.2) is 76.8 Å². The average Bonchev–Trinajstić information content (AvgIpc) is 3.45. The topological polar surface area (TPSA) is 209 Å². The zero-order valence-corrected chi connectivity index (χ0v) is 41.9. The molecule has 2 aromatic heterocycles. The summed E-state index contributed by atoms with van der Waals surface area (Å²) in [5.74, 6) is -0.787. The standard InChI is InChI=1S/C29H29FN4O3.C22H21F2N3O4.C7H9N/c1-37-25-17-24-22(16-23(25)30)26(35)33-28(32-24)34-14-12-29(13-15-34,18-20-8-4-2-5-9-20)27(36)31-19-21-10-6-3-7-11-21;23-20(24)31-15-6-7-16-17(12-15)25-21(26-18(16)28)27-10-8-22(9-11-27,19(29)30)13-14-4-2-1-3-5-14;8-6-7-4-2-1-3-5-7/h2-11,16-17H,12-15,18-19H2,1H3,(H,31,36)(H,32,33,35);1-7,12,20H,8-11,13H2,(H,29,30)(H,25,26,28);1-5H,6,8H2. The lowest BCUT2D eigenvalue weighted by Gasteiger charge is -2.41. The highest BCUT2D eigenvalue weighted by atomic mass is 19.3. The number of nitrogens with one attached hydrogen (secondary N) is 3. The molecule has 8 aromatic rings. The Morgan fingerprint density at radius 3 is 1.59 bits per heavy atom. The van der Waals surface area contributed by atoms with Gasteiger partial charge in [-0.3, -0.25) is 29.1 Å². The maximum atomic E-state index is 14.1. The Morgan fingerprint density at radius 1 is 0.658 bits per heavy atom. The molecular weight excluding hydrogens is 978 g/mol. The van der Waals surface area contributed by atoms with E-state index in [0.29, 0.717) is 89.3 Å². The summed E-state index contributed by atoms with van der Waals surface area (Å²) in [4.78, 5) is 69.2. The average molecular weight is 1040 g/mol. The van der Waals surface area contributed by atoms with Crippen LogP contribution >= 0.6 is 0 Å². The minimum Gasteiger partial charge on any atom is -0.494 e. The van der Waals surface area contributed by atoms with Gasteiger partial charge >= 0.3 is 12.6 Å². The van der Waals surface area contributed by atoms with E-state index in [1.165, 1.54) is 36.9 Å². The molecule has 2 fully saturated rings. The summed E-state index contributed by atoms with van der Waals surface area (Å²) < 4.78 is 48.6. The molecule has 0 saturated carbocycles. The number of hydrogen-bond donors (Lipinski definition) is 5. The number of hydrogen-bond acceptors (Lipinski definition) is 11. The summed E-state index contributed by atoms with van der Waals surface area (Å²) in [6, 6.07) is 45.9. The van der Waals surface area contributed by atoms with Gasteiger partial charge in [0.2, 0.25) is 17.8 Å². The lowest BCUT2D eigenvalue weighted by atomic mass is 9.73. The van der Waals surface area contributed by atoms with Gasteiger partial charge in [0.15, 0.2) is 11.6 Å². The summed E-state index contributed by atoms with van der Waals surface area (Å²) in [6.07, 6.45) is 3.00. The minimum atomic E-state index is -2.98. The summed E-state index contributed by atoms with van der Waals surface area (Å²) in [6.45, 7) is -0.00777. The normalized spacial score (nSPS) is 14.7. The molecule has 2 saturated heterocycles. The number of halogens is 3. The number of aliphatic carboxylic acids is 1. The number of rotatable bonds is 14. The van der Waals surface area contributed by atoms with Gasteiger partial charge in [0.25, 0.3) is 11.1 Å².